The zero-order valence-corrected chi connectivity index (χ0v) is 13.5. The van der Waals surface area contributed by atoms with E-state index in [9.17, 15) is 0 Å². The van der Waals surface area contributed by atoms with Gasteiger partial charge in [-0.15, -0.1) is 0 Å². The lowest BCUT2D eigenvalue weighted by molar-refractivity contribution is 0.397. The minimum Gasteiger partial charge on any atom is -0.497 e. The molecule has 0 saturated heterocycles. The molecular formula is C17H24N2O2. The molecule has 0 saturated carbocycles. The quantitative estimate of drug-likeness (QED) is 0.874. The summed E-state index contributed by atoms with van der Waals surface area (Å²) in [6.07, 6.45) is 2.02. The van der Waals surface area contributed by atoms with Crippen LogP contribution in [0, 0.1) is 6.92 Å². The standard InChI is InChI=1S/C17H24N2O2/c1-6-8-18-16-13(7-2)11(3)19-17-14(16)9-12(20-4)10-15(17)21-5/h9-10H,6-8H2,1-5H3,(H,18,19). The van der Waals surface area contributed by atoms with Gasteiger partial charge < -0.3 is 14.8 Å². The Balaban J connectivity index is 2.78. The van der Waals surface area contributed by atoms with Crippen molar-refractivity contribution in [1.82, 2.24) is 4.98 Å². The summed E-state index contributed by atoms with van der Waals surface area (Å²) in [7, 11) is 3.33. The van der Waals surface area contributed by atoms with E-state index >= 15 is 0 Å². The predicted molar refractivity (Wildman–Crippen MR) is 87.7 cm³/mol. The lowest BCUT2D eigenvalue weighted by atomic mass is 10.0. The molecule has 0 aliphatic carbocycles. The van der Waals surface area contributed by atoms with E-state index in [1.54, 1.807) is 14.2 Å². The maximum Gasteiger partial charge on any atom is 0.148 e. The van der Waals surface area contributed by atoms with E-state index in [4.69, 9.17) is 14.5 Å². The van der Waals surface area contributed by atoms with E-state index in [1.165, 1.54) is 5.56 Å². The zero-order chi connectivity index (χ0) is 15.4. The highest BCUT2D eigenvalue weighted by atomic mass is 16.5. The highest BCUT2D eigenvalue weighted by Crippen LogP contribution is 2.37. The Kier molecular flexibility index (Phi) is 4.89. The highest BCUT2D eigenvalue weighted by Gasteiger charge is 2.15. The van der Waals surface area contributed by atoms with E-state index < -0.39 is 0 Å². The van der Waals surface area contributed by atoms with Gasteiger partial charge >= 0.3 is 0 Å². The Hall–Kier alpha value is -1.97. The second kappa shape index (κ2) is 6.66. The monoisotopic (exact) mass is 288 g/mol. The molecule has 1 aromatic heterocycles. The minimum atomic E-state index is 0.745. The Morgan fingerprint density at radius 3 is 2.48 bits per heavy atom. The fraction of sp³-hybridized carbons (Fsp3) is 0.471. The molecule has 114 valence electrons. The van der Waals surface area contributed by atoms with Crippen LogP contribution in [0.2, 0.25) is 0 Å². The van der Waals surface area contributed by atoms with Gasteiger partial charge in [0, 0.05) is 29.4 Å². The van der Waals surface area contributed by atoms with Crippen molar-refractivity contribution in [3.05, 3.63) is 23.4 Å². The molecule has 0 radical (unpaired) electrons. The van der Waals surface area contributed by atoms with Crippen LogP contribution >= 0.6 is 0 Å². The number of benzene rings is 1. The molecule has 2 rings (SSSR count). The van der Waals surface area contributed by atoms with E-state index in [-0.39, 0.29) is 0 Å². The minimum absolute atomic E-state index is 0.745. The first kappa shape index (κ1) is 15.4. The molecule has 0 unspecified atom stereocenters. The number of aromatic nitrogens is 1. The van der Waals surface area contributed by atoms with Crippen LogP contribution in [0.5, 0.6) is 11.5 Å². The summed E-state index contributed by atoms with van der Waals surface area (Å²) in [6.45, 7) is 7.31. The average Bonchev–Trinajstić information content (AvgIpc) is 2.51. The Labute approximate surface area is 126 Å². The van der Waals surface area contributed by atoms with E-state index in [0.29, 0.717) is 0 Å². The molecule has 0 spiro atoms. The summed E-state index contributed by atoms with van der Waals surface area (Å²) >= 11 is 0. The van der Waals surface area contributed by atoms with Gasteiger partial charge in [0.05, 0.1) is 14.2 Å². The summed E-state index contributed by atoms with van der Waals surface area (Å²) in [5.74, 6) is 1.53. The van der Waals surface area contributed by atoms with Crippen LogP contribution in [-0.2, 0) is 6.42 Å². The SMILES string of the molecule is CCCNc1c(CC)c(C)nc2c(OC)cc(OC)cc12. The molecule has 0 amide bonds. The zero-order valence-electron chi connectivity index (χ0n) is 13.5. The Morgan fingerprint density at radius 1 is 1.14 bits per heavy atom. The smallest absolute Gasteiger partial charge is 0.148 e. The normalized spacial score (nSPS) is 10.7. The third-order valence-electron chi connectivity index (χ3n) is 3.70. The van der Waals surface area contributed by atoms with Crippen molar-refractivity contribution in [1.29, 1.82) is 0 Å². The van der Waals surface area contributed by atoms with Gasteiger partial charge in [-0.3, -0.25) is 0 Å². The molecule has 0 atom stereocenters. The van der Waals surface area contributed by atoms with Gasteiger partial charge in [-0.25, -0.2) is 4.98 Å². The van der Waals surface area contributed by atoms with Crippen LogP contribution in [0.15, 0.2) is 12.1 Å². The van der Waals surface area contributed by atoms with Gasteiger partial charge in [0.2, 0.25) is 0 Å². The van der Waals surface area contributed by atoms with Crippen molar-refractivity contribution in [2.75, 3.05) is 26.1 Å². The van der Waals surface area contributed by atoms with Crippen LogP contribution in [-0.4, -0.2) is 25.7 Å². The number of nitrogens with one attached hydrogen (secondary N) is 1. The summed E-state index contributed by atoms with van der Waals surface area (Å²) in [5.41, 5.74) is 4.34. The molecule has 0 aliphatic rings. The fourth-order valence-corrected chi connectivity index (χ4v) is 2.63. The van der Waals surface area contributed by atoms with Gasteiger partial charge in [-0.1, -0.05) is 13.8 Å². The largest absolute Gasteiger partial charge is 0.497 e. The molecule has 0 fully saturated rings. The Morgan fingerprint density at radius 2 is 1.90 bits per heavy atom. The third kappa shape index (κ3) is 2.89. The van der Waals surface area contributed by atoms with Crippen LogP contribution in [0.1, 0.15) is 31.5 Å². The van der Waals surface area contributed by atoms with Crippen molar-refractivity contribution < 1.29 is 9.47 Å². The molecule has 21 heavy (non-hydrogen) atoms. The number of hydrogen-bond donors (Lipinski definition) is 1. The average molecular weight is 288 g/mol. The Bertz CT molecular complexity index is 638. The van der Waals surface area contributed by atoms with Crippen molar-refractivity contribution in [2.45, 2.75) is 33.6 Å². The van der Waals surface area contributed by atoms with Gasteiger partial charge in [0.25, 0.3) is 0 Å². The number of pyridine rings is 1. The molecule has 1 N–H and O–H groups in total. The maximum atomic E-state index is 5.49. The van der Waals surface area contributed by atoms with Gasteiger partial charge in [0.1, 0.15) is 17.0 Å². The molecule has 0 bridgehead atoms. The number of hydrogen-bond acceptors (Lipinski definition) is 4. The number of aryl methyl sites for hydroxylation is 1. The second-order valence-electron chi connectivity index (χ2n) is 5.06. The van der Waals surface area contributed by atoms with Gasteiger partial charge in [-0.2, -0.15) is 0 Å². The predicted octanol–water partition coefficient (Wildman–Crippen LogP) is 3.94. The van der Waals surface area contributed by atoms with Gasteiger partial charge in [-0.05, 0) is 31.4 Å². The molecule has 0 aliphatic heterocycles. The summed E-state index contributed by atoms with van der Waals surface area (Å²) in [6, 6.07) is 3.91. The van der Waals surface area contributed by atoms with E-state index in [1.807, 2.05) is 12.1 Å². The number of methoxy groups -OCH3 is 2. The molecule has 2 aromatic rings. The van der Waals surface area contributed by atoms with Crippen molar-refractivity contribution >= 4 is 16.6 Å². The number of ether oxygens (including phenoxy) is 2. The van der Waals surface area contributed by atoms with Crippen molar-refractivity contribution in [3.8, 4) is 11.5 Å². The van der Waals surface area contributed by atoms with Crippen LogP contribution in [0.25, 0.3) is 10.9 Å². The number of rotatable bonds is 6. The number of fused-ring (bicyclic) bond motifs is 1. The molecular weight excluding hydrogens is 264 g/mol. The third-order valence-corrected chi connectivity index (χ3v) is 3.70. The number of anilines is 1. The van der Waals surface area contributed by atoms with Gasteiger partial charge in [0.15, 0.2) is 0 Å². The summed E-state index contributed by atoms with van der Waals surface area (Å²) in [4.78, 5) is 4.74. The first-order chi connectivity index (χ1) is 10.2. The van der Waals surface area contributed by atoms with E-state index in [2.05, 4.69) is 26.1 Å². The molecule has 1 heterocycles. The van der Waals surface area contributed by atoms with Crippen molar-refractivity contribution in [3.63, 3.8) is 0 Å². The van der Waals surface area contributed by atoms with Crippen LogP contribution < -0.4 is 14.8 Å². The lowest BCUT2D eigenvalue weighted by Crippen LogP contribution is -2.07. The molecule has 1 aromatic carbocycles. The van der Waals surface area contributed by atoms with Crippen LogP contribution in [0.4, 0.5) is 5.69 Å². The topological polar surface area (TPSA) is 43.4 Å². The first-order valence-corrected chi connectivity index (χ1v) is 7.45. The maximum absolute atomic E-state index is 5.49. The summed E-state index contributed by atoms with van der Waals surface area (Å²) in [5, 5.41) is 4.61. The highest BCUT2D eigenvalue weighted by molar-refractivity contribution is 5.98. The van der Waals surface area contributed by atoms with Crippen molar-refractivity contribution in [2.24, 2.45) is 0 Å². The fourth-order valence-electron chi connectivity index (χ4n) is 2.63. The van der Waals surface area contributed by atoms with Crippen LogP contribution in [0.3, 0.4) is 0 Å². The van der Waals surface area contributed by atoms with E-state index in [0.717, 1.165) is 53.2 Å². The molecule has 4 heteroatoms. The second-order valence-corrected chi connectivity index (χ2v) is 5.06. The summed E-state index contributed by atoms with van der Waals surface area (Å²) < 4.78 is 10.9. The first-order valence-electron chi connectivity index (χ1n) is 7.45. The molecule has 4 nitrogen and oxygen atoms in total. The lowest BCUT2D eigenvalue weighted by Gasteiger charge is -2.18. The number of nitrogens with zero attached hydrogens (tertiary/aromatic N) is 1.